The van der Waals surface area contributed by atoms with Gasteiger partial charge in [0.1, 0.15) is 0 Å². The summed E-state index contributed by atoms with van der Waals surface area (Å²) in [5.41, 5.74) is 0.513. The van der Waals surface area contributed by atoms with E-state index in [2.05, 4.69) is 50.0 Å². The Labute approximate surface area is 115 Å². The summed E-state index contributed by atoms with van der Waals surface area (Å²) < 4.78 is 0. The molecule has 0 aliphatic carbocycles. The summed E-state index contributed by atoms with van der Waals surface area (Å²) in [6.45, 7) is 13.8. The SMILES string of the molecule is CC(C)NCc1ccc(CN2CCC(C)(C)C2)s1. The Hall–Kier alpha value is -0.380. The van der Waals surface area contributed by atoms with E-state index < -0.39 is 0 Å². The summed E-state index contributed by atoms with van der Waals surface area (Å²) in [5, 5.41) is 3.48. The van der Waals surface area contributed by atoms with Crippen LogP contribution in [0.4, 0.5) is 0 Å². The summed E-state index contributed by atoms with van der Waals surface area (Å²) in [7, 11) is 0. The fraction of sp³-hybridized carbons (Fsp3) is 0.733. The molecule has 1 aromatic heterocycles. The van der Waals surface area contributed by atoms with Crippen LogP contribution in [0.1, 0.15) is 43.9 Å². The molecule has 0 saturated carbocycles. The molecule has 1 fully saturated rings. The van der Waals surface area contributed by atoms with Crippen LogP contribution in [0.2, 0.25) is 0 Å². The zero-order valence-electron chi connectivity index (χ0n) is 12.1. The number of hydrogen-bond donors (Lipinski definition) is 1. The molecule has 1 aromatic rings. The quantitative estimate of drug-likeness (QED) is 0.878. The number of nitrogens with one attached hydrogen (secondary N) is 1. The van der Waals surface area contributed by atoms with Gasteiger partial charge < -0.3 is 5.32 Å². The molecule has 18 heavy (non-hydrogen) atoms. The van der Waals surface area contributed by atoms with Crippen molar-refractivity contribution in [1.29, 1.82) is 0 Å². The Morgan fingerprint density at radius 3 is 2.67 bits per heavy atom. The molecule has 0 amide bonds. The van der Waals surface area contributed by atoms with Gasteiger partial charge in [0.15, 0.2) is 0 Å². The van der Waals surface area contributed by atoms with Crippen molar-refractivity contribution in [2.75, 3.05) is 13.1 Å². The van der Waals surface area contributed by atoms with Crippen LogP contribution in [0.3, 0.4) is 0 Å². The molecule has 0 unspecified atom stereocenters. The van der Waals surface area contributed by atoms with Crippen molar-refractivity contribution in [3.05, 3.63) is 21.9 Å². The lowest BCUT2D eigenvalue weighted by molar-refractivity contribution is 0.286. The predicted octanol–water partition coefficient (Wildman–Crippen LogP) is 3.48. The van der Waals surface area contributed by atoms with E-state index in [1.54, 1.807) is 0 Å². The minimum absolute atomic E-state index is 0.513. The average Bonchev–Trinajstić information content (AvgIpc) is 2.83. The third kappa shape index (κ3) is 4.08. The molecule has 1 aliphatic heterocycles. The van der Waals surface area contributed by atoms with E-state index in [9.17, 15) is 0 Å². The van der Waals surface area contributed by atoms with Crippen LogP contribution in [0.5, 0.6) is 0 Å². The second-order valence-electron chi connectivity index (χ2n) is 6.53. The second kappa shape index (κ2) is 5.72. The first-order valence-electron chi connectivity index (χ1n) is 6.98. The van der Waals surface area contributed by atoms with E-state index in [0.717, 1.165) is 13.1 Å². The highest BCUT2D eigenvalue weighted by Crippen LogP contribution is 2.30. The molecule has 0 spiro atoms. The molecule has 0 atom stereocenters. The van der Waals surface area contributed by atoms with Crippen LogP contribution in [-0.2, 0) is 13.1 Å². The molecule has 0 aromatic carbocycles. The van der Waals surface area contributed by atoms with Crippen molar-refractivity contribution < 1.29 is 0 Å². The van der Waals surface area contributed by atoms with Gasteiger partial charge in [-0.2, -0.15) is 0 Å². The Morgan fingerprint density at radius 2 is 2.06 bits per heavy atom. The number of nitrogens with zero attached hydrogens (tertiary/aromatic N) is 1. The Balaban J connectivity index is 1.83. The van der Waals surface area contributed by atoms with Gasteiger partial charge in [-0.1, -0.05) is 27.7 Å². The first-order valence-corrected chi connectivity index (χ1v) is 7.80. The smallest absolute Gasteiger partial charge is 0.0328 e. The number of likely N-dealkylation sites (tertiary alicyclic amines) is 1. The summed E-state index contributed by atoms with van der Waals surface area (Å²) in [4.78, 5) is 5.55. The molecule has 2 heterocycles. The van der Waals surface area contributed by atoms with Crippen molar-refractivity contribution in [1.82, 2.24) is 10.2 Å². The topological polar surface area (TPSA) is 15.3 Å². The van der Waals surface area contributed by atoms with Crippen molar-refractivity contribution in [3.63, 3.8) is 0 Å². The van der Waals surface area contributed by atoms with Gasteiger partial charge in [-0.3, -0.25) is 4.90 Å². The lowest BCUT2D eigenvalue weighted by atomic mass is 9.93. The van der Waals surface area contributed by atoms with Gasteiger partial charge in [0.25, 0.3) is 0 Å². The normalized spacial score (nSPS) is 19.8. The Bertz CT molecular complexity index is 382. The molecule has 2 nitrogen and oxygen atoms in total. The zero-order chi connectivity index (χ0) is 13.2. The van der Waals surface area contributed by atoms with Crippen molar-refractivity contribution >= 4 is 11.3 Å². The van der Waals surface area contributed by atoms with E-state index in [4.69, 9.17) is 0 Å². The standard InChI is InChI=1S/C15H26N2S/c1-12(2)16-9-13-5-6-14(18-13)10-17-8-7-15(3,4)11-17/h5-6,12,16H,7-11H2,1-4H3. The van der Waals surface area contributed by atoms with Gasteiger partial charge in [-0.25, -0.2) is 0 Å². The van der Waals surface area contributed by atoms with Gasteiger partial charge >= 0.3 is 0 Å². The van der Waals surface area contributed by atoms with Crippen LogP contribution in [-0.4, -0.2) is 24.0 Å². The molecule has 1 aliphatic rings. The summed E-state index contributed by atoms with van der Waals surface area (Å²) in [6, 6.07) is 5.14. The molecule has 0 bridgehead atoms. The fourth-order valence-electron chi connectivity index (χ4n) is 2.49. The van der Waals surface area contributed by atoms with Crippen molar-refractivity contribution in [3.8, 4) is 0 Å². The lowest BCUT2D eigenvalue weighted by Crippen LogP contribution is -2.22. The van der Waals surface area contributed by atoms with Crippen LogP contribution in [0.15, 0.2) is 12.1 Å². The summed E-state index contributed by atoms with van der Waals surface area (Å²) >= 11 is 1.96. The highest BCUT2D eigenvalue weighted by atomic mass is 32.1. The van der Waals surface area contributed by atoms with E-state index in [1.807, 2.05) is 11.3 Å². The minimum atomic E-state index is 0.513. The summed E-state index contributed by atoms with van der Waals surface area (Å²) in [5.74, 6) is 0. The molecule has 2 rings (SSSR count). The van der Waals surface area contributed by atoms with Gasteiger partial charge in [-0.15, -0.1) is 11.3 Å². The van der Waals surface area contributed by atoms with Crippen LogP contribution in [0, 0.1) is 5.41 Å². The molecule has 1 N–H and O–H groups in total. The Morgan fingerprint density at radius 1 is 1.33 bits per heavy atom. The lowest BCUT2D eigenvalue weighted by Gasteiger charge is -2.18. The highest BCUT2D eigenvalue weighted by molar-refractivity contribution is 7.11. The van der Waals surface area contributed by atoms with E-state index in [0.29, 0.717) is 11.5 Å². The predicted molar refractivity (Wildman–Crippen MR) is 80.0 cm³/mol. The minimum Gasteiger partial charge on any atom is -0.310 e. The van der Waals surface area contributed by atoms with Crippen LogP contribution < -0.4 is 5.32 Å². The third-order valence-corrected chi connectivity index (χ3v) is 4.61. The van der Waals surface area contributed by atoms with E-state index >= 15 is 0 Å². The number of rotatable bonds is 5. The first kappa shape index (κ1) is 14.0. The van der Waals surface area contributed by atoms with Gasteiger partial charge in [0.2, 0.25) is 0 Å². The molecule has 3 heteroatoms. The van der Waals surface area contributed by atoms with Gasteiger partial charge in [0, 0.05) is 35.4 Å². The van der Waals surface area contributed by atoms with Crippen LogP contribution in [0.25, 0.3) is 0 Å². The van der Waals surface area contributed by atoms with Gasteiger partial charge in [-0.05, 0) is 30.5 Å². The first-order chi connectivity index (χ1) is 8.44. The zero-order valence-corrected chi connectivity index (χ0v) is 12.9. The average molecular weight is 266 g/mol. The fourth-order valence-corrected chi connectivity index (χ4v) is 3.50. The molecule has 102 valence electrons. The second-order valence-corrected chi connectivity index (χ2v) is 7.78. The third-order valence-electron chi connectivity index (χ3n) is 3.54. The van der Waals surface area contributed by atoms with Crippen molar-refractivity contribution in [2.45, 2.75) is 53.2 Å². The number of hydrogen-bond acceptors (Lipinski definition) is 3. The van der Waals surface area contributed by atoms with E-state index in [-0.39, 0.29) is 0 Å². The monoisotopic (exact) mass is 266 g/mol. The van der Waals surface area contributed by atoms with Crippen molar-refractivity contribution in [2.24, 2.45) is 5.41 Å². The highest BCUT2D eigenvalue weighted by Gasteiger charge is 2.29. The maximum atomic E-state index is 3.48. The summed E-state index contributed by atoms with van der Waals surface area (Å²) in [6.07, 6.45) is 1.33. The van der Waals surface area contributed by atoms with E-state index in [1.165, 1.54) is 29.3 Å². The van der Waals surface area contributed by atoms with Crippen LogP contribution >= 0.6 is 11.3 Å². The maximum absolute atomic E-state index is 3.48. The molecule has 0 radical (unpaired) electrons. The van der Waals surface area contributed by atoms with Gasteiger partial charge in [0.05, 0.1) is 0 Å². The molecule has 1 saturated heterocycles. The molecular formula is C15H26N2S. The largest absolute Gasteiger partial charge is 0.310 e. The Kier molecular flexibility index (Phi) is 4.46. The maximum Gasteiger partial charge on any atom is 0.0328 e. The number of thiophene rings is 1. The molecular weight excluding hydrogens is 240 g/mol.